The van der Waals surface area contributed by atoms with E-state index in [1.807, 2.05) is 0 Å². The maximum Gasteiger partial charge on any atom is 1.00 e. The van der Waals surface area contributed by atoms with E-state index in [4.69, 9.17) is 0 Å². The van der Waals surface area contributed by atoms with E-state index in [0.717, 1.165) is 0 Å². The van der Waals surface area contributed by atoms with Crippen molar-refractivity contribution in [3.63, 3.8) is 0 Å². The molecule has 0 N–H and O–H groups in total. The van der Waals surface area contributed by atoms with Gasteiger partial charge >= 0.3 is 78.0 Å². The summed E-state index contributed by atoms with van der Waals surface area (Å²) >= 11 is 0. The van der Waals surface area contributed by atoms with Crippen molar-refractivity contribution in [2.24, 2.45) is 5.41 Å². The first-order chi connectivity index (χ1) is 7.61. The average Bonchev–Trinajstić information content (AvgIpc) is 2.11. The Bertz CT molecular complexity index is 231. The molecular formula is C13H23LiNa2O4. The van der Waals surface area contributed by atoms with Gasteiger partial charge < -0.3 is 25.7 Å². The van der Waals surface area contributed by atoms with Crippen LogP contribution in [-0.4, -0.2) is 11.9 Å². The van der Waals surface area contributed by atoms with E-state index in [0.29, 0.717) is 5.41 Å². The predicted molar refractivity (Wildman–Crippen MR) is 62.5 cm³/mol. The summed E-state index contributed by atoms with van der Waals surface area (Å²) in [4.78, 5) is 18.6. The average molecular weight is 296 g/mol. The van der Waals surface area contributed by atoms with Crippen molar-refractivity contribution in [1.82, 2.24) is 0 Å². The molecule has 20 heavy (non-hydrogen) atoms. The fourth-order valence-corrected chi connectivity index (χ4v) is 0.935. The molecular weight excluding hydrogens is 273 g/mol. The second-order valence-electron chi connectivity index (χ2n) is 5.05. The number of carbonyl (C=O) groups excluding carboxylic acids is 2. The van der Waals surface area contributed by atoms with Crippen molar-refractivity contribution in [3.8, 4) is 0 Å². The second-order valence-corrected chi connectivity index (χ2v) is 5.05. The van der Waals surface area contributed by atoms with Crippen molar-refractivity contribution >= 4 is 11.9 Å². The number of rotatable bonds is 5. The summed E-state index contributed by atoms with van der Waals surface area (Å²) in [6, 6.07) is 0. The summed E-state index contributed by atoms with van der Waals surface area (Å²) < 4.78 is 0. The minimum absolute atomic E-state index is 0. The Morgan fingerprint density at radius 3 is 1.55 bits per heavy atom. The Kier molecular flexibility index (Phi) is 30.9. The summed E-state index contributed by atoms with van der Waals surface area (Å²) in [5.41, 5.74) is 0.426. The maximum atomic E-state index is 9.28. The van der Waals surface area contributed by atoms with E-state index in [1.54, 1.807) is 5.92 Å². The van der Waals surface area contributed by atoms with E-state index in [2.05, 4.69) is 34.6 Å². The summed E-state index contributed by atoms with van der Waals surface area (Å²) in [5, 5.41) is 18.6. The Hall–Kier alpha value is 1.54. The number of carbonyl (C=O) groups is 2. The molecule has 0 spiro atoms. The van der Waals surface area contributed by atoms with Gasteiger partial charge in [0.25, 0.3) is 0 Å². The van der Waals surface area contributed by atoms with Gasteiger partial charge in [-0.05, 0) is 0 Å². The van der Waals surface area contributed by atoms with Crippen LogP contribution >= 0.6 is 0 Å². The SMILES string of the molecule is CCCC[C-](C)C(C)(C)C.O=C([O-])CC(=O)[O-].[Li+].[Na+].[Na+]. The minimum Gasteiger partial charge on any atom is -0.550 e. The molecule has 0 saturated carbocycles. The molecule has 0 heterocycles. The molecule has 0 fully saturated rings. The van der Waals surface area contributed by atoms with E-state index in [1.165, 1.54) is 19.3 Å². The van der Waals surface area contributed by atoms with Gasteiger partial charge in [0.2, 0.25) is 0 Å². The summed E-state index contributed by atoms with van der Waals surface area (Å²) in [6.45, 7) is 11.4. The van der Waals surface area contributed by atoms with Crippen LogP contribution in [-0.2, 0) is 9.59 Å². The number of aliphatic carboxylic acids is 2. The first-order valence-corrected chi connectivity index (χ1v) is 5.83. The van der Waals surface area contributed by atoms with Gasteiger partial charge in [0.05, 0.1) is 0 Å². The molecule has 0 bridgehead atoms. The van der Waals surface area contributed by atoms with Gasteiger partial charge in [0, 0.05) is 18.4 Å². The van der Waals surface area contributed by atoms with E-state index >= 15 is 0 Å². The second kappa shape index (κ2) is 18.6. The molecule has 0 unspecified atom stereocenters. The third-order valence-corrected chi connectivity index (χ3v) is 2.47. The molecule has 0 atom stereocenters. The third-order valence-electron chi connectivity index (χ3n) is 2.47. The van der Waals surface area contributed by atoms with Crippen molar-refractivity contribution < 1.29 is 97.8 Å². The van der Waals surface area contributed by atoms with E-state index in [9.17, 15) is 19.8 Å². The van der Waals surface area contributed by atoms with Crippen LogP contribution < -0.4 is 88.2 Å². The van der Waals surface area contributed by atoms with Crippen molar-refractivity contribution in [1.29, 1.82) is 0 Å². The van der Waals surface area contributed by atoms with Gasteiger partial charge in [-0.3, -0.25) is 0 Å². The zero-order valence-electron chi connectivity index (χ0n) is 14.5. The summed E-state index contributed by atoms with van der Waals surface area (Å²) in [6.07, 6.45) is 2.94. The Morgan fingerprint density at radius 2 is 1.40 bits per heavy atom. The van der Waals surface area contributed by atoms with Crippen molar-refractivity contribution in [3.05, 3.63) is 5.92 Å². The van der Waals surface area contributed by atoms with Gasteiger partial charge in [0.15, 0.2) is 0 Å². The van der Waals surface area contributed by atoms with Crippen LogP contribution in [0.2, 0.25) is 0 Å². The van der Waals surface area contributed by atoms with Gasteiger partial charge in [-0.25, -0.2) is 0 Å². The Morgan fingerprint density at radius 1 is 1.05 bits per heavy atom. The standard InChI is InChI=1S/C10H21.C3H4O4.Li.2Na/c1-6-7-8-9(2)10(3,4)5;4-2(5)1-3(6)7;;;/h6-8H2,1-5H3;1H2,(H,4,5)(H,6,7);;;/q-1;;3*+1/p-2. The molecule has 0 aromatic rings. The minimum atomic E-state index is -1.63. The fourth-order valence-electron chi connectivity index (χ4n) is 0.935. The van der Waals surface area contributed by atoms with Crippen LogP contribution in [0, 0.1) is 11.3 Å². The maximum absolute atomic E-state index is 9.28. The number of carboxylic acid groups (broad SMARTS) is 2. The van der Waals surface area contributed by atoms with Gasteiger partial charge in [-0.2, -0.15) is 18.8 Å². The Balaban J connectivity index is -0.0000000681. The van der Waals surface area contributed by atoms with Gasteiger partial charge in [-0.15, -0.1) is 0 Å². The smallest absolute Gasteiger partial charge is 0.550 e. The van der Waals surface area contributed by atoms with E-state index in [-0.39, 0.29) is 78.0 Å². The van der Waals surface area contributed by atoms with Crippen molar-refractivity contribution in [2.75, 3.05) is 0 Å². The molecule has 7 heteroatoms. The quantitative estimate of drug-likeness (QED) is 0.287. The monoisotopic (exact) mass is 296 g/mol. The predicted octanol–water partition coefficient (Wildman–Crippen LogP) is -8.29. The Labute approximate surface area is 179 Å². The molecule has 0 aromatic heterocycles. The molecule has 0 aliphatic rings. The molecule has 102 valence electrons. The van der Waals surface area contributed by atoms with Crippen LogP contribution in [0.1, 0.15) is 60.3 Å². The molecule has 0 rings (SSSR count). The molecule has 0 amide bonds. The summed E-state index contributed by atoms with van der Waals surface area (Å²) in [5.74, 6) is -1.62. The fraction of sp³-hybridized carbons (Fsp3) is 0.769. The molecule has 0 aliphatic carbocycles. The normalized spacial score (nSPS) is 9.10. The van der Waals surface area contributed by atoms with Crippen LogP contribution in [0.5, 0.6) is 0 Å². The number of carboxylic acids is 2. The van der Waals surface area contributed by atoms with Crippen molar-refractivity contribution in [2.45, 2.75) is 60.3 Å². The van der Waals surface area contributed by atoms with Crippen LogP contribution in [0.15, 0.2) is 0 Å². The molecule has 0 radical (unpaired) electrons. The molecule has 0 saturated heterocycles. The van der Waals surface area contributed by atoms with E-state index < -0.39 is 18.4 Å². The van der Waals surface area contributed by atoms with Gasteiger partial charge in [0.1, 0.15) is 0 Å². The third kappa shape index (κ3) is 27.8. The topological polar surface area (TPSA) is 80.3 Å². The van der Waals surface area contributed by atoms with Crippen LogP contribution in [0.3, 0.4) is 0 Å². The largest absolute Gasteiger partial charge is 1.00 e. The molecule has 0 aliphatic heterocycles. The zero-order valence-corrected chi connectivity index (χ0v) is 18.5. The first kappa shape index (κ1) is 33.2. The van der Waals surface area contributed by atoms with Gasteiger partial charge in [-0.1, -0.05) is 40.5 Å². The first-order valence-electron chi connectivity index (χ1n) is 5.83. The summed E-state index contributed by atoms with van der Waals surface area (Å²) in [7, 11) is 0. The number of hydrogen-bond acceptors (Lipinski definition) is 4. The van der Waals surface area contributed by atoms with Crippen LogP contribution in [0.25, 0.3) is 0 Å². The molecule has 4 nitrogen and oxygen atoms in total. The zero-order chi connectivity index (χ0) is 14.1. The number of unbranched alkanes of at least 4 members (excludes halogenated alkanes) is 1. The van der Waals surface area contributed by atoms with Crippen LogP contribution in [0.4, 0.5) is 0 Å². The number of hydrogen-bond donors (Lipinski definition) is 0. The molecule has 0 aromatic carbocycles.